The number of nitrogen functional groups attached to an aromatic ring is 1. The number of nitrogens with zero attached hydrogens (tertiary/aromatic N) is 2. The number of nitrogens with one attached hydrogen (secondary N) is 1. The van der Waals surface area contributed by atoms with Crippen molar-refractivity contribution in [2.24, 2.45) is 0 Å². The minimum Gasteiger partial charge on any atom is -0.381 e. The van der Waals surface area contributed by atoms with E-state index >= 15 is 0 Å². The molecule has 0 amide bonds. The lowest BCUT2D eigenvalue weighted by Gasteiger charge is -2.16. The van der Waals surface area contributed by atoms with Gasteiger partial charge >= 0.3 is 0 Å². The molecular weight excluding hydrogens is 224 g/mol. The summed E-state index contributed by atoms with van der Waals surface area (Å²) >= 11 is 0. The first-order valence-electron chi connectivity index (χ1n) is 5.96. The largest absolute Gasteiger partial charge is 0.381 e. The zero-order valence-electron chi connectivity index (χ0n) is 10.4. The smallest absolute Gasteiger partial charge is 0.169 e. The zero-order valence-corrected chi connectivity index (χ0v) is 10.4. The number of terminal acetylenes is 1. The van der Waals surface area contributed by atoms with Gasteiger partial charge in [0.15, 0.2) is 11.6 Å². The van der Waals surface area contributed by atoms with E-state index in [0.717, 1.165) is 17.5 Å². The van der Waals surface area contributed by atoms with Crippen molar-refractivity contribution in [3.05, 3.63) is 24.3 Å². The predicted molar refractivity (Wildman–Crippen MR) is 75.1 cm³/mol. The molecule has 18 heavy (non-hydrogen) atoms. The Hall–Kier alpha value is -2.28. The Kier molecular flexibility index (Phi) is 3.63. The SMILES string of the molecule is C#CCC(CC)Nc1nc2ccccc2nc1N. The second-order valence-electron chi connectivity index (χ2n) is 4.10. The molecule has 1 aromatic heterocycles. The van der Waals surface area contributed by atoms with Gasteiger partial charge in [0, 0.05) is 12.5 Å². The van der Waals surface area contributed by atoms with Gasteiger partial charge in [0.25, 0.3) is 0 Å². The summed E-state index contributed by atoms with van der Waals surface area (Å²) in [5.41, 5.74) is 7.52. The summed E-state index contributed by atoms with van der Waals surface area (Å²) in [5, 5.41) is 3.25. The predicted octanol–water partition coefficient (Wildman–Crippen LogP) is 2.43. The van der Waals surface area contributed by atoms with E-state index in [2.05, 4.69) is 28.1 Å². The number of fused-ring (bicyclic) bond motifs is 1. The summed E-state index contributed by atoms with van der Waals surface area (Å²) in [5.74, 6) is 3.66. The lowest BCUT2D eigenvalue weighted by Crippen LogP contribution is -2.19. The number of aromatic nitrogens is 2. The molecular formula is C14H16N4. The molecule has 1 atom stereocenters. The molecule has 1 unspecified atom stereocenters. The van der Waals surface area contributed by atoms with E-state index in [1.54, 1.807) is 0 Å². The molecule has 1 heterocycles. The van der Waals surface area contributed by atoms with Gasteiger partial charge in [-0.1, -0.05) is 19.1 Å². The van der Waals surface area contributed by atoms with Gasteiger partial charge in [0.2, 0.25) is 0 Å². The highest BCUT2D eigenvalue weighted by Gasteiger charge is 2.10. The summed E-state index contributed by atoms with van der Waals surface area (Å²) in [4.78, 5) is 8.80. The van der Waals surface area contributed by atoms with Gasteiger partial charge in [-0.05, 0) is 18.6 Å². The molecule has 0 aliphatic heterocycles. The third kappa shape index (κ3) is 2.51. The van der Waals surface area contributed by atoms with Crippen LogP contribution in [0.3, 0.4) is 0 Å². The number of rotatable bonds is 4. The highest BCUT2D eigenvalue weighted by molar-refractivity contribution is 5.79. The number of hydrogen-bond donors (Lipinski definition) is 2. The van der Waals surface area contributed by atoms with E-state index in [4.69, 9.17) is 12.2 Å². The van der Waals surface area contributed by atoms with Gasteiger partial charge in [-0.25, -0.2) is 9.97 Å². The average molecular weight is 240 g/mol. The third-order valence-corrected chi connectivity index (χ3v) is 2.80. The molecule has 0 bridgehead atoms. The molecule has 3 N–H and O–H groups in total. The number of anilines is 2. The van der Waals surface area contributed by atoms with Crippen molar-refractivity contribution in [1.29, 1.82) is 0 Å². The fourth-order valence-electron chi connectivity index (χ4n) is 1.75. The summed E-state index contributed by atoms with van der Waals surface area (Å²) in [7, 11) is 0. The van der Waals surface area contributed by atoms with E-state index < -0.39 is 0 Å². The fraction of sp³-hybridized carbons (Fsp3) is 0.286. The summed E-state index contributed by atoms with van der Waals surface area (Å²) in [6, 6.07) is 7.82. The molecule has 0 spiro atoms. The first kappa shape index (κ1) is 12.2. The van der Waals surface area contributed by atoms with Gasteiger partial charge in [-0.3, -0.25) is 0 Å². The van der Waals surface area contributed by atoms with Crippen LogP contribution in [0.4, 0.5) is 11.6 Å². The first-order chi connectivity index (χ1) is 8.74. The zero-order chi connectivity index (χ0) is 13.0. The molecule has 92 valence electrons. The maximum Gasteiger partial charge on any atom is 0.169 e. The molecule has 0 aliphatic carbocycles. The quantitative estimate of drug-likeness (QED) is 0.806. The normalized spacial score (nSPS) is 12.0. The van der Waals surface area contributed by atoms with Gasteiger partial charge in [0.05, 0.1) is 11.0 Å². The molecule has 2 aromatic rings. The number of para-hydroxylation sites is 2. The van der Waals surface area contributed by atoms with Crippen molar-refractivity contribution in [3.63, 3.8) is 0 Å². The van der Waals surface area contributed by atoms with Crippen molar-refractivity contribution in [2.45, 2.75) is 25.8 Å². The molecule has 0 radical (unpaired) electrons. The van der Waals surface area contributed by atoms with Crippen LogP contribution < -0.4 is 11.1 Å². The minimum atomic E-state index is 0.174. The molecule has 0 fully saturated rings. The van der Waals surface area contributed by atoms with Crippen LogP contribution in [0.2, 0.25) is 0 Å². The Morgan fingerprint density at radius 3 is 2.61 bits per heavy atom. The number of hydrogen-bond acceptors (Lipinski definition) is 4. The second kappa shape index (κ2) is 5.37. The van der Waals surface area contributed by atoms with Crippen molar-refractivity contribution in [2.75, 3.05) is 11.1 Å². The van der Waals surface area contributed by atoms with Crippen molar-refractivity contribution >= 4 is 22.7 Å². The van der Waals surface area contributed by atoms with E-state index in [9.17, 15) is 0 Å². The van der Waals surface area contributed by atoms with Crippen LogP contribution in [-0.2, 0) is 0 Å². The first-order valence-corrected chi connectivity index (χ1v) is 5.96. The monoisotopic (exact) mass is 240 g/mol. The van der Waals surface area contributed by atoms with Gasteiger partial charge in [-0.2, -0.15) is 0 Å². The van der Waals surface area contributed by atoms with E-state index in [1.807, 2.05) is 24.3 Å². The Bertz CT molecular complexity index is 586. The minimum absolute atomic E-state index is 0.174. The van der Waals surface area contributed by atoms with Crippen LogP contribution in [-0.4, -0.2) is 16.0 Å². The molecule has 0 saturated carbocycles. The number of benzene rings is 1. The van der Waals surface area contributed by atoms with Crippen molar-refractivity contribution in [1.82, 2.24) is 9.97 Å². The van der Waals surface area contributed by atoms with E-state index in [0.29, 0.717) is 18.1 Å². The standard InChI is InChI=1S/C14H16N4/c1-3-7-10(4-2)16-14-13(15)17-11-8-5-6-9-12(11)18-14/h1,5-6,8-10H,4,7H2,2H3,(H2,15,17)(H,16,18). The summed E-state index contributed by atoms with van der Waals surface area (Å²) in [6.45, 7) is 2.07. The third-order valence-electron chi connectivity index (χ3n) is 2.80. The van der Waals surface area contributed by atoms with Gasteiger partial charge < -0.3 is 11.1 Å². The fourth-order valence-corrected chi connectivity index (χ4v) is 1.75. The van der Waals surface area contributed by atoms with Crippen LogP contribution in [0.15, 0.2) is 24.3 Å². The Balaban J connectivity index is 2.33. The van der Waals surface area contributed by atoms with Crippen LogP contribution in [0.25, 0.3) is 11.0 Å². The van der Waals surface area contributed by atoms with Crippen LogP contribution in [0.1, 0.15) is 19.8 Å². The topological polar surface area (TPSA) is 63.8 Å². The summed E-state index contributed by atoms with van der Waals surface area (Å²) < 4.78 is 0. The van der Waals surface area contributed by atoms with Crippen molar-refractivity contribution < 1.29 is 0 Å². The molecule has 1 aromatic carbocycles. The Morgan fingerprint density at radius 1 is 1.33 bits per heavy atom. The van der Waals surface area contributed by atoms with Crippen LogP contribution in [0, 0.1) is 12.3 Å². The molecule has 2 rings (SSSR count). The summed E-state index contributed by atoms with van der Waals surface area (Å²) in [6.07, 6.45) is 6.89. The molecule has 0 saturated heterocycles. The Labute approximate surface area is 107 Å². The molecule has 4 nitrogen and oxygen atoms in total. The maximum absolute atomic E-state index is 5.90. The van der Waals surface area contributed by atoms with Crippen LogP contribution >= 0.6 is 0 Å². The van der Waals surface area contributed by atoms with Gasteiger partial charge in [0.1, 0.15) is 0 Å². The van der Waals surface area contributed by atoms with Crippen LogP contribution in [0.5, 0.6) is 0 Å². The average Bonchev–Trinajstić information content (AvgIpc) is 2.39. The number of nitrogens with two attached hydrogens (primary N) is 1. The molecule has 0 aliphatic rings. The van der Waals surface area contributed by atoms with E-state index in [1.165, 1.54) is 0 Å². The van der Waals surface area contributed by atoms with Gasteiger partial charge in [-0.15, -0.1) is 12.3 Å². The highest BCUT2D eigenvalue weighted by Crippen LogP contribution is 2.20. The molecule has 4 heteroatoms. The lowest BCUT2D eigenvalue weighted by molar-refractivity contribution is 0.712. The van der Waals surface area contributed by atoms with E-state index in [-0.39, 0.29) is 6.04 Å². The second-order valence-corrected chi connectivity index (χ2v) is 4.10. The van der Waals surface area contributed by atoms with Crippen molar-refractivity contribution in [3.8, 4) is 12.3 Å². The maximum atomic E-state index is 5.90. The lowest BCUT2D eigenvalue weighted by atomic mass is 10.1. The Morgan fingerprint density at radius 2 is 2.00 bits per heavy atom. The highest BCUT2D eigenvalue weighted by atomic mass is 15.1.